The molecule has 2 saturated heterocycles. The first-order chi connectivity index (χ1) is 11.0. The van der Waals surface area contributed by atoms with Crippen molar-refractivity contribution in [2.75, 3.05) is 7.11 Å². The van der Waals surface area contributed by atoms with Gasteiger partial charge in [-0.05, 0) is 24.7 Å². The van der Waals surface area contributed by atoms with Gasteiger partial charge in [-0.3, -0.25) is 9.59 Å². The third-order valence-electron chi connectivity index (χ3n) is 5.32. The molecular formula is C17H24O6. The molecule has 1 spiro atoms. The summed E-state index contributed by atoms with van der Waals surface area (Å²) in [4.78, 5) is 22.5. The van der Waals surface area contributed by atoms with E-state index in [1.165, 1.54) is 7.11 Å². The summed E-state index contributed by atoms with van der Waals surface area (Å²) in [5.41, 5.74) is 0. The van der Waals surface area contributed by atoms with E-state index >= 15 is 0 Å². The number of hydrogen-bond acceptors (Lipinski definition) is 6. The van der Waals surface area contributed by atoms with E-state index in [2.05, 4.69) is 4.74 Å². The number of ether oxygens (including phenoxy) is 3. The molecule has 3 aliphatic rings. The number of allylic oxidation sites excluding steroid dienone is 1. The van der Waals surface area contributed by atoms with Crippen LogP contribution in [0.2, 0.25) is 0 Å². The molecule has 6 heteroatoms. The molecule has 0 radical (unpaired) electrons. The van der Waals surface area contributed by atoms with E-state index in [4.69, 9.17) is 9.47 Å². The lowest BCUT2D eigenvalue weighted by Gasteiger charge is -2.40. The summed E-state index contributed by atoms with van der Waals surface area (Å²) in [6.07, 6.45) is 7.44. The average Bonchev–Trinajstić information content (AvgIpc) is 3.03. The maximum Gasteiger partial charge on any atom is 0.309 e. The van der Waals surface area contributed by atoms with E-state index < -0.39 is 11.9 Å². The summed E-state index contributed by atoms with van der Waals surface area (Å²) in [6.45, 7) is 0. The summed E-state index contributed by atoms with van der Waals surface area (Å²) >= 11 is 0. The number of methoxy groups -OCH3 is 1. The van der Waals surface area contributed by atoms with Gasteiger partial charge in [0.2, 0.25) is 5.79 Å². The highest BCUT2D eigenvalue weighted by Crippen LogP contribution is 2.49. The van der Waals surface area contributed by atoms with Gasteiger partial charge >= 0.3 is 11.9 Å². The van der Waals surface area contributed by atoms with E-state index in [1.807, 2.05) is 6.08 Å². The Morgan fingerprint density at radius 3 is 2.96 bits per heavy atom. The number of hydrogen-bond donors (Lipinski definition) is 1. The molecule has 3 rings (SSSR count). The Kier molecular flexibility index (Phi) is 4.73. The number of fused-ring (bicyclic) bond motifs is 1. The minimum Gasteiger partial charge on any atom is -0.469 e. The van der Waals surface area contributed by atoms with Crippen LogP contribution in [0.25, 0.3) is 0 Å². The Labute approximate surface area is 135 Å². The van der Waals surface area contributed by atoms with Crippen LogP contribution >= 0.6 is 0 Å². The number of carbonyl (C=O) groups is 2. The quantitative estimate of drug-likeness (QED) is 0.626. The highest BCUT2D eigenvalue weighted by atomic mass is 16.7. The Morgan fingerprint density at radius 2 is 2.26 bits per heavy atom. The monoisotopic (exact) mass is 324 g/mol. The van der Waals surface area contributed by atoms with Crippen LogP contribution in [-0.4, -0.2) is 42.1 Å². The maximum absolute atomic E-state index is 11.4. The average molecular weight is 324 g/mol. The molecule has 1 N–H and O–H groups in total. The lowest BCUT2D eigenvalue weighted by molar-refractivity contribution is -0.260. The molecule has 6 nitrogen and oxygen atoms in total. The van der Waals surface area contributed by atoms with Gasteiger partial charge in [0.05, 0.1) is 32.2 Å². The van der Waals surface area contributed by atoms with Gasteiger partial charge < -0.3 is 19.3 Å². The van der Waals surface area contributed by atoms with Gasteiger partial charge in [0, 0.05) is 19.3 Å². The molecule has 128 valence electrons. The second-order valence-electron chi connectivity index (χ2n) is 6.70. The van der Waals surface area contributed by atoms with Crippen molar-refractivity contribution < 1.29 is 28.9 Å². The van der Waals surface area contributed by atoms with Crippen LogP contribution in [0.15, 0.2) is 12.2 Å². The minimum atomic E-state index is -0.742. The fraction of sp³-hybridized carbons (Fsp3) is 0.765. The molecule has 0 aromatic carbocycles. The van der Waals surface area contributed by atoms with E-state index in [-0.39, 0.29) is 36.3 Å². The predicted molar refractivity (Wildman–Crippen MR) is 80.2 cm³/mol. The van der Waals surface area contributed by atoms with Crippen LogP contribution in [0, 0.1) is 11.8 Å². The molecule has 2 aliphatic heterocycles. The molecule has 0 aromatic heterocycles. The predicted octanol–water partition coefficient (Wildman–Crippen LogP) is 1.71. The standard InChI is InChI=1S/C17H24O6/c1-21-15(19)5-3-2-4-11-12-6-8-17(9-7-16(20)23-17)22-14(12)10-13(11)18/h2-3,11-14,18H,4-10H2,1H3/b3-2-/t11?,12-,13+,14+,17-/m1/s1. The fourth-order valence-electron chi connectivity index (χ4n) is 4.11. The van der Waals surface area contributed by atoms with E-state index in [1.54, 1.807) is 6.08 Å². The molecule has 0 amide bonds. The lowest BCUT2D eigenvalue weighted by atomic mass is 9.83. The summed E-state index contributed by atoms with van der Waals surface area (Å²) in [5, 5.41) is 10.3. The molecule has 3 fully saturated rings. The Bertz CT molecular complexity index is 501. The molecule has 0 aromatic rings. The van der Waals surface area contributed by atoms with Crippen molar-refractivity contribution in [3.05, 3.63) is 12.2 Å². The van der Waals surface area contributed by atoms with Crippen molar-refractivity contribution in [1.29, 1.82) is 0 Å². The van der Waals surface area contributed by atoms with E-state index in [9.17, 15) is 14.7 Å². The number of aliphatic hydroxyl groups excluding tert-OH is 1. The van der Waals surface area contributed by atoms with Crippen LogP contribution in [0.5, 0.6) is 0 Å². The molecule has 1 saturated carbocycles. The van der Waals surface area contributed by atoms with Crippen molar-refractivity contribution in [3.63, 3.8) is 0 Å². The second-order valence-corrected chi connectivity index (χ2v) is 6.70. The zero-order valence-corrected chi connectivity index (χ0v) is 13.4. The van der Waals surface area contributed by atoms with Crippen molar-refractivity contribution in [2.24, 2.45) is 11.8 Å². The molecule has 5 atom stereocenters. The van der Waals surface area contributed by atoms with E-state index in [0.29, 0.717) is 25.7 Å². The molecule has 1 unspecified atom stereocenters. The van der Waals surface area contributed by atoms with Gasteiger partial charge in [-0.25, -0.2) is 0 Å². The van der Waals surface area contributed by atoms with E-state index in [0.717, 1.165) is 12.8 Å². The molecular weight excluding hydrogens is 300 g/mol. The summed E-state index contributed by atoms with van der Waals surface area (Å²) in [6, 6.07) is 0. The number of rotatable bonds is 4. The molecule has 0 bridgehead atoms. The van der Waals surface area contributed by atoms with Gasteiger partial charge in [0.1, 0.15) is 0 Å². The van der Waals surface area contributed by atoms with Crippen LogP contribution < -0.4 is 0 Å². The summed E-state index contributed by atoms with van der Waals surface area (Å²) in [5.74, 6) is -0.796. The summed E-state index contributed by atoms with van der Waals surface area (Å²) < 4.78 is 16.1. The first-order valence-corrected chi connectivity index (χ1v) is 8.32. The van der Waals surface area contributed by atoms with Gasteiger partial charge in [-0.1, -0.05) is 12.2 Å². The SMILES string of the molecule is COC(=O)C/C=C\CC1[C@H]2CC[C@@]3(CCC(=O)O3)O[C@H]2C[C@@H]1O. The smallest absolute Gasteiger partial charge is 0.309 e. The topological polar surface area (TPSA) is 82.1 Å². The van der Waals surface area contributed by atoms with Crippen molar-refractivity contribution in [1.82, 2.24) is 0 Å². The minimum absolute atomic E-state index is 0.0522. The third kappa shape index (κ3) is 3.43. The van der Waals surface area contributed by atoms with Gasteiger partial charge in [0.15, 0.2) is 0 Å². The van der Waals surface area contributed by atoms with Crippen LogP contribution in [0.3, 0.4) is 0 Å². The normalized spacial score (nSPS) is 39.7. The highest BCUT2D eigenvalue weighted by molar-refractivity contribution is 5.72. The van der Waals surface area contributed by atoms with Crippen molar-refractivity contribution in [2.45, 2.75) is 62.9 Å². The molecule has 2 heterocycles. The third-order valence-corrected chi connectivity index (χ3v) is 5.32. The zero-order valence-electron chi connectivity index (χ0n) is 13.4. The van der Waals surface area contributed by atoms with Crippen molar-refractivity contribution >= 4 is 11.9 Å². The first-order valence-electron chi connectivity index (χ1n) is 8.32. The number of aliphatic hydroxyl groups is 1. The largest absolute Gasteiger partial charge is 0.469 e. The van der Waals surface area contributed by atoms with Crippen molar-refractivity contribution in [3.8, 4) is 0 Å². The van der Waals surface area contributed by atoms with Crippen LogP contribution in [-0.2, 0) is 23.8 Å². The second kappa shape index (κ2) is 6.61. The number of esters is 2. The van der Waals surface area contributed by atoms with Gasteiger partial charge in [-0.2, -0.15) is 0 Å². The summed E-state index contributed by atoms with van der Waals surface area (Å²) in [7, 11) is 1.37. The van der Waals surface area contributed by atoms with Crippen LogP contribution in [0.1, 0.15) is 44.9 Å². The highest BCUT2D eigenvalue weighted by Gasteiger charge is 2.53. The zero-order chi connectivity index (χ0) is 16.4. The molecule has 23 heavy (non-hydrogen) atoms. The Morgan fingerprint density at radius 1 is 1.43 bits per heavy atom. The maximum atomic E-state index is 11.4. The molecule has 1 aliphatic carbocycles. The van der Waals surface area contributed by atoms with Gasteiger partial charge in [0.25, 0.3) is 0 Å². The Balaban J connectivity index is 1.56. The van der Waals surface area contributed by atoms with Gasteiger partial charge in [-0.15, -0.1) is 0 Å². The lowest BCUT2D eigenvalue weighted by Crippen LogP contribution is -2.44. The fourth-order valence-corrected chi connectivity index (χ4v) is 4.11. The van der Waals surface area contributed by atoms with Crippen LogP contribution in [0.4, 0.5) is 0 Å². The number of carbonyl (C=O) groups excluding carboxylic acids is 2. The first kappa shape index (κ1) is 16.5. The Hall–Kier alpha value is -1.40.